The number of rotatable bonds is 5. The Kier molecular flexibility index (Phi) is 8.35. The lowest BCUT2D eigenvalue weighted by Gasteiger charge is -2.30. The van der Waals surface area contributed by atoms with E-state index in [2.05, 4.69) is 28.5 Å². The van der Waals surface area contributed by atoms with Gasteiger partial charge in [0.15, 0.2) is 5.96 Å². The highest BCUT2D eigenvalue weighted by Crippen LogP contribution is 2.28. The smallest absolute Gasteiger partial charge is 0.243 e. The number of fused-ring (bicyclic) bond motifs is 1. The van der Waals surface area contributed by atoms with E-state index >= 15 is 0 Å². The number of hydrogen-bond acceptors (Lipinski definition) is 3. The topological polar surface area (TPSA) is 87.8 Å². The van der Waals surface area contributed by atoms with Crippen LogP contribution in [0.5, 0.6) is 0 Å². The molecule has 6 nitrogen and oxygen atoms in total. The normalized spacial score (nSPS) is 18.1. The van der Waals surface area contributed by atoms with Gasteiger partial charge in [-0.05, 0) is 73.8 Å². The number of nitrogens with two attached hydrogens (primary N) is 1. The van der Waals surface area contributed by atoms with E-state index in [1.807, 2.05) is 6.07 Å². The van der Waals surface area contributed by atoms with Crippen LogP contribution in [0.4, 0.5) is 5.69 Å². The summed E-state index contributed by atoms with van der Waals surface area (Å²) in [6.45, 7) is 1.67. The second-order valence-electron chi connectivity index (χ2n) is 8.16. The Morgan fingerprint density at radius 3 is 2.48 bits per heavy atom. The van der Waals surface area contributed by atoms with Gasteiger partial charge in [-0.3, -0.25) is 4.99 Å². The summed E-state index contributed by atoms with van der Waals surface area (Å²) in [5.41, 5.74) is 10.00. The van der Waals surface area contributed by atoms with Gasteiger partial charge >= 0.3 is 0 Å². The van der Waals surface area contributed by atoms with E-state index in [0.717, 1.165) is 31.4 Å². The van der Waals surface area contributed by atoms with Crippen LogP contribution in [0.15, 0.2) is 58.4 Å². The van der Waals surface area contributed by atoms with Crippen LogP contribution in [0.2, 0.25) is 0 Å². The molecule has 4 rings (SSSR count). The molecule has 2 aromatic rings. The third-order valence-electron chi connectivity index (χ3n) is 6.13. The predicted octanol–water partition coefficient (Wildman–Crippen LogP) is 4.01. The van der Waals surface area contributed by atoms with E-state index < -0.39 is 10.0 Å². The summed E-state index contributed by atoms with van der Waals surface area (Å²) in [6, 6.07) is 15.0. The van der Waals surface area contributed by atoms with Crippen LogP contribution in [0.1, 0.15) is 36.8 Å². The van der Waals surface area contributed by atoms with Crippen molar-refractivity contribution in [1.29, 1.82) is 0 Å². The van der Waals surface area contributed by atoms with Crippen molar-refractivity contribution < 1.29 is 8.42 Å². The Morgan fingerprint density at radius 2 is 1.74 bits per heavy atom. The summed E-state index contributed by atoms with van der Waals surface area (Å²) in [6.07, 6.45) is 6.27. The molecule has 0 saturated carbocycles. The molecule has 3 N–H and O–H groups in total. The van der Waals surface area contributed by atoms with Crippen LogP contribution in [0, 0.1) is 5.92 Å². The predicted molar refractivity (Wildman–Crippen MR) is 137 cm³/mol. The molecule has 0 aromatic heterocycles. The SMILES string of the molecule is I.NC(=NCC1CCN(S(=O)(=O)c2ccccc2)CC1)Nc1cccc2c1CCCC2. The maximum absolute atomic E-state index is 12.7. The van der Waals surface area contributed by atoms with Gasteiger partial charge in [0.25, 0.3) is 0 Å². The van der Waals surface area contributed by atoms with Crippen molar-refractivity contribution >= 4 is 45.6 Å². The first-order valence-corrected chi connectivity index (χ1v) is 12.2. The standard InChI is InChI=1S/C23H30N4O2S.HI/c24-23(26-22-12-6-8-19-7-4-5-11-21(19)22)25-17-18-13-15-27(16-14-18)30(28,29)20-9-2-1-3-10-20;/h1-3,6,8-10,12,18H,4-5,7,11,13-17H2,(H3,24,25,26);1H. The third kappa shape index (κ3) is 5.78. The lowest BCUT2D eigenvalue weighted by Crippen LogP contribution is -2.39. The monoisotopic (exact) mass is 554 g/mol. The second kappa shape index (κ2) is 10.8. The zero-order chi connectivity index (χ0) is 21.0. The Hall–Kier alpha value is -1.65. The van der Waals surface area contributed by atoms with Gasteiger partial charge < -0.3 is 11.1 Å². The van der Waals surface area contributed by atoms with E-state index in [4.69, 9.17) is 5.73 Å². The molecule has 168 valence electrons. The fourth-order valence-corrected chi connectivity index (χ4v) is 5.87. The van der Waals surface area contributed by atoms with Gasteiger partial charge in [-0.15, -0.1) is 24.0 Å². The fourth-order valence-electron chi connectivity index (χ4n) is 4.38. The molecule has 8 heteroatoms. The van der Waals surface area contributed by atoms with Crippen molar-refractivity contribution in [1.82, 2.24) is 4.31 Å². The Balaban J connectivity index is 0.00000272. The van der Waals surface area contributed by atoms with Gasteiger partial charge in [0.1, 0.15) is 0 Å². The summed E-state index contributed by atoms with van der Waals surface area (Å²) >= 11 is 0. The van der Waals surface area contributed by atoms with Gasteiger partial charge in [-0.25, -0.2) is 8.42 Å². The fraction of sp³-hybridized carbons (Fsp3) is 0.435. The number of sulfonamides is 1. The zero-order valence-electron chi connectivity index (χ0n) is 17.7. The summed E-state index contributed by atoms with van der Waals surface area (Å²) in [4.78, 5) is 4.91. The van der Waals surface area contributed by atoms with Crippen LogP contribution < -0.4 is 11.1 Å². The number of guanidine groups is 1. The van der Waals surface area contributed by atoms with E-state index in [1.165, 1.54) is 24.0 Å². The molecule has 0 atom stereocenters. The number of piperidine rings is 1. The van der Waals surface area contributed by atoms with Crippen molar-refractivity contribution in [2.75, 3.05) is 25.0 Å². The number of anilines is 1. The van der Waals surface area contributed by atoms with Crippen LogP contribution >= 0.6 is 24.0 Å². The molecule has 1 aliphatic carbocycles. The summed E-state index contributed by atoms with van der Waals surface area (Å²) in [5.74, 6) is 0.783. The molecular formula is C23H31IN4O2S. The first-order chi connectivity index (χ1) is 14.5. The lowest BCUT2D eigenvalue weighted by molar-refractivity contribution is 0.279. The van der Waals surface area contributed by atoms with Gasteiger partial charge in [-0.1, -0.05) is 30.3 Å². The molecule has 1 heterocycles. The minimum absolute atomic E-state index is 0. The number of nitrogens with one attached hydrogen (secondary N) is 1. The molecule has 1 fully saturated rings. The molecule has 31 heavy (non-hydrogen) atoms. The van der Waals surface area contributed by atoms with E-state index in [9.17, 15) is 8.42 Å². The minimum atomic E-state index is -3.41. The quantitative estimate of drug-likeness (QED) is 0.332. The summed E-state index contributed by atoms with van der Waals surface area (Å²) < 4.78 is 27.1. The summed E-state index contributed by atoms with van der Waals surface area (Å²) in [5, 5.41) is 3.29. The minimum Gasteiger partial charge on any atom is -0.370 e. The average molecular weight is 554 g/mol. The molecule has 0 amide bonds. The van der Waals surface area contributed by atoms with Gasteiger partial charge in [0, 0.05) is 25.3 Å². The molecule has 0 spiro atoms. The maximum atomic E-state index is 12.7. The highest BCUT2D eigenvalue weighted by Gasteiger charge is 2.29. The number of aryl methyl sites for hydroxylation is 1. The molecule has 1 aliphatic heterocycles. The lowest BCUT2D eigenvalue weighted by atomic mass is 9.90. The van der Waals surface area contributed by atoms with Crippen LogP contribution in [-0.4, -0.2) is 38.3 Å². The molecule has 0 bridgehead atoms. The average Bonchev–Trinajstić information content (AvgIpc) is 2.79. The molecular weight excluding hydrogens is 523 g/mol. The Bertz CT molecular complexity index is 1000. The highest BCUT2D eigenvalue weighted by atomic mass is 127. The zero-order valence-corrected chi connectivity index (χ0v) is 20.8. The van der Waals surface area contributed by atoms with Crippen molar-refractivity contribution in [3.63, 3.8) is 0 Å². The number of aliphatic imine (C=N–C) groups is 1. The Labute approximate surface area is 202 Å². The van der Waals surface area contributed by atoms with Crippen molar-refractivity contribution in [2.45, 2.75) is 43.4 Å². The van der Waals surface area contributed by atoms with Crippen molar-refractivity contribution in [2.24, 2.45) is 16.6 Å². The van der Waals surface area contributed by atoms with Crippen molar-refractivity contribution in [3.05, 3.63) is 59.7 Å². The largest absolute Gasteiger partial charge is 0.370 e. The molecule has 0 radical (unpaired) electrons. The van der Waals surface area contributed by atoms with E-state index in [1.54, 1.807) is 28.6 Å². The third-order valence-corrected chi connectivity index (χ3v) is 8.05. The first-order valence-electron chi connectivity index (χ1n) is 10.8. The van der Waals surface area contributed by atoms with Crippen molar-refractivity contribution in [3.8, 4) is 0 Å². The van der Waals surface area contributed by atoms with E-state index in [0.29, 0.717) is 36.4 Å². The van der Waals surface area contributed by atoms with Gasteiger partial charge in [0.2, 0.25) is 10.0 Å². The van der Waals surface area contributed by atoms with Crippen LogP contribution in [0.3, 0.4) is 0 Å². The Morgan fingerprint density at radius 1 is 1.03 bits per heavy atom. The second-order valence-corrected chi connectivity index (χ2v) is 10.1. The van der Waals surface area contributed by atoms with E-state index in [-0.39, 0.29) is 24.0 Å². The molecule has 1 saturated heterocycles. The maximum Gasteiger partial charge on any atom is 0.243 e. The summed E-state index contributed by atoms with van der Waals surface area (Å²) in [7, 11) is -3.41. The number of halogens is 1. The van der Waals surface area contributed by atoms with Crippen LogP contribution in [0.25, 0.3) is 0 Å². The first kappa shape index (κ1) is 24.0. The number of nitrogens with zero attached hydrogens (tertiary/aromatic N) is 2. The molecule has 2 aliphatic rings. The highest BCUT2D eigenvalue weighted by molar-refractivity contribution is 14.0. The number of benzene rings is 2. The number of hydrogen-bond donors (Lipinski definition) is 2. The van der Waals surface area contributed by atoms with Gasteiger partial charge in [-0.2, -0.15) is 4.31 Å². The molecule has 0 unspecified atom stereocenters. The van der Waals surface area contributed by atoms with Crippen LogP contribution in [-0.2, 0) is 22.9 Å². The molecule has 2 aromatic carbocycles. The van der Waals surface area contributed by atoms with Gasteiger partial charge in [0.05, 0.1) is 4.90 Å².